The first-order valence-corrected chi connectivity index (χ1v) is 9.11. The molecule has 144 valence electrons. The van der Waals surface area contributed by atoms with Gasteiger partial charge in [-0.1, -0.05) is 18.2 Å². The van der Waals surface area contributed by atoms with Gasteiger partial charge in [-0.15, -0.1) is 0 Å². The zero-order valence-electron chi connectivity index (χ0n) is 17.1. The Morgan fingerprint density at radius 3 is 2.37 bits per heavy atom. The maximum absolute atomic E-state index is 13.2. The number of ether oxygens (including phenoxy) is 1. The van der Waals surface area contributed by atoms with E-state index in [9.17, 15) is 4.79 Å². The number of hydrogen-bond donors (Lipinski definition) is 0. The molecule has 1 unspecified atom stereocenters. The van der Waals surface area contributed by atoms with Gasteiger partial charge in [0.1, 0.15) is 5.75 Å². The first-order valence-electron chi connectivity index (χ1n) is 9.11. The van der Waals surface area contributed by atoms with Gasteiger partial charge in [0.25, 0.3) is 0 Å². The van der Waals surface area contributed by atoms with Crippen LogP contribution in [0.25, 0.3) is 0 Å². The summed E-state index contributed by atoms with van der Waals surface area (Å²) in [6.45, 7) is 6.86. The third-order valence-electron chi connectivity index (χ3n) is 4.39. The number of carbonyl (C=O) groups excluding carboxylic acids is 1. The molecule has 2 aromatic carbocycles. The molecular formula is C22H29N3O2. The van der Waals surface area contributed by atoms with Crippen LogP contribution in [0.1, 0.15) is 28.4 Å². The lowest BCUT2D eigenvalue weighted by molar-refractivity contribution is 0.0446. The van der Waals surface area contributed by atoms with Crippen molar-refractivity contribution in [2.24, 2.45) is 4.99 Å². The lowest BCUT2D eigenvalue weighted by atomic mass is 9.99. The summed E-state index contributed by atoms with van der Waals surface area (Å²) < 4.78 is 5.95. The van der Waals surface area contributed by atoms with Gasteiger partial charge in [-0.2, -0.15) is 0 Å². The lowest BCUT2D eigenvalue weighted by Crippen LogP contribution is -2.41. The molecule has 0 radical (unpaired) electrons. The van der Waals surface area contributed by atoms with Crippen LogP contribution in [0.2, 0.25) is 0 Å². The quantitative estimate of drug-likeness (QED) is 0.305. The van der Waals surface area contributed by atoms with Gasteiger partial charge in [0.15, 0.2) is 0 Å². The van der Waals surface area contributed by atoms with Crippen molar-refractivity contribution in [3.05, 3.63) is 59.2 Å². The molecule has 27 heavy (non-hydrogen) atoms. The van der Waals surface area contributed by atoms with Crippen molar-refractivity contribution in [3.63, 3.8) is 0 Å². The normalized spacial score (nSPS) is 12.4. The van der Waals surface area contributed by atoms with Gasteiger partial charge in [0, 0.05) is 19.2 Å². The fourth-order valence-electron chi connectivity index (χ4n) is 2.60. The average Bonchev–Trinajstić information content (AvgIpc) is 2.66. The smallest absolute Gasteiger partial charge is 0.218 e. The number of para-hydroxylation sites is 1. The van der Waals surface area contributed by atoms with E-state index >= 15 is 0 Å². The van der Waals surface area contributed by atoms with Crippen LogP contribution in [-0.2, 0) is 0 Å². The Labute approximate surface area is 162 Å². The Morgan fingerprint density at radius 1 is 1.11 bits per heavy atom. The molecule has 1 atom stereocenters. The van der Waals surface area contributed by atoms with Crippen LogP contribution in [0.15, 0.2) is 47.5 Å². The minimum absolute atomic E-state index is 0.0642. The monoisotopic (exact) mass is 367 g/mol. The predicted octanol–water partition coefficient (Wildman–Crippen LogP) is 4.06. The van der Waals surface area contributed by atoms with Crippen molar-refractivity contribution in [1.82, 2.24) is 9.80 Å². The summed E-state index contributed by atoms with van der Waals surface area (Å²) in [6.07, 6.45) is 1.12. The topological polar surface area (TPSA) is 45.1 Å². The number of rotatable bonds is 8. The van der Waals surface area contributed by atoms with Crippen molar-refractivity contribution in [3.8, 4) is 5.75 Å². The van der Waals surface area contributed by atoms with E-state index in [2.05, 4.69) is 11.9 Å². The number of carbonyl (C=O) groups is 1. The molecule has 2 aromatic rings. The molecule has 0 saturated carbocycles. The van der Waals surface area contributed by atoms with Gasteiger partial charge in [-0.25, -0.2) is 4.99 Å². The second-order valence-corrected chi connectivity index (χ2v) is 6.88. The second-order valence-electron chi connectivity index (χ2n) is 6.88. The fourth-order valence-corrected chi connectivity index (χ4v) is 2.60. The third kappa shape index (κ3) is 5.41. The Bertz CT molecular complexity index is 801. The second kappa shape index (κ2) is 9.33. The molecule has 0 bridgehead atoms. The van der Waals surface area contributed by atoms with Gasteiger partial charge in [0.05, 0.1) is 12.0 Å². The number of ketones is 1. The number of aliphatic imine (C=N–C) groups is 1. The molecule has 2 rings (SSSR count). The van der Waals surface area contributed by atoms with Gasteiger partial charge in [0.2, 0.25) is 12.0 Å². The Balaban J connectivity index is 2.30. The minimum Gasteiger partial charge on any atom is -0.467 e. The van der Waals surface area contributed by atoms with Crippen molar-refractivity contribution >= 4 is 17.8 Å². The highest BCUT2D eigenvalue weighted by molar-refractivity contribution is 6.01. The van der Waals surface area contributed by atoms with Gasteiger partial charge >= 0.3 is 0 Å². The highest BCUT2D eigenvalue weighted by Crippen LogP contribution is 2.25. The van der Waals surface area contributed by atoms with E-state index in [1.54, 1.807) is 4.90 Å². The Morgan fingerprint density at radius 2 is 1.78 bits per heavy atom. The molecule has 0 aliphatic heterocycles. The maximum atomic E-state index is 13.2. The van der Waals surface area contributed by atoms with Crippen molar-refractivity contribution in [1.29, 1.82) is 0 Å². The summed E-state index contributed by atoms with van der Waals surface area (Å²) >= 11 is 0. The minimum atomic E-state index is -0.689. The van der Waals surface area contributed by atoms with E-state index < -0.39 is 6.23 Å². The van der Waals surface area contributed by atoms with Crippen LogP contribution in [0.5, 0.6) is 5.75 Å². The number of Topliss-reactive ketones (excluding diaryl/α,β-unsaturated/α-hetero) is 1. The zero-order chi connectivity index (χ0) is 20.0. The van der Waals surface area contributed by atoms with Crippen LogP contribution in [0.3, 0.4) is 0 Å². The number of benzene rings is 2. The molecule has 0 spiro atoms. The summed E-state index contributed by atoms with van der Waals surface area (Å²) in [5.74, 6) is 0.605. The van der Waals surface area contributed by atoms with Crippen LogP contribution < -0.4 is 4.74 Å². The van der Waals surface area contributed by atoms with E-state index in [-0.39, 0.29) is 5.78 Å². The molecule has 0 N–H and O–H groups in total. The van der Waals surface area contributed by atoms with Crippen molar-refractivity contribution in [2.75, 3.05) is 27.7 Å². The highest BCUT2D eigenvalue weighted by atomic mass is 16.5. The van der Waals surface area contributed by atoms with Crippen molar-refractivity contribution in [2.45, 2.75) is 27.0 Å². The zero-order valence-corrected chi connectivity index (χ0v) is 17.1. The molecule has 5 nitrogen and oxygen atoms in total. The van der Waals surface area contributed by atoms with E-state index in [4.69, 9.17) is 4.74 Å². The molecule has 0 fully saturated rings. The fraction of sp³-hybridized carbons (Fsp3) is 0.364. The molecule has 5 heteroatoms. The molecule has 0 saturated heterocycles. The van der Waals surface area contributed by atoms with Gasteiger partial charge in [-0.3, -0.25) is 9.69 Å². The highest BCUT2D eigenvalue weighted by Gasteiger charge is 2.26. The van der Waals surface area contributed by atoms with E-state index in [1.165, 1.54) is 0 Å². The third-order valence-corrected chi connectivity index (χ3v) is 4.39. The Hall–Kier alpha value is -2.66. The number of nitrogens with zero attached hydrogens (tertiary/aromatic N) is 3. The van der Waals surface area contributed by atoms with Crippen LogP contribution in [-0.4, -0.2) is 55.8 Å². The summed E-state index contributed by atoms with van der Waals surface area (Å²) in [5.41, 5.74) is 3.38. The van der Waals surface area contributed by atoms with Crippen LogP contribution in [0.4, 0.5) is 5.69 Å². The number of likely N-dealkylation sites (N-methyl/N-ethyl adjacent to an activating group) is 1. The maximum Gasteiger partial charge on any atom is 0.218 e. The van der Waals surface area contributed by atoms with Gasteiger partial charge in [-0.05, 0) is 70.3 Å². The Kier molecular flexibility index (Phi) is 7.13. The number of hydrogen-bond acceptors (Lipinski definition) is 4. The lowest BCUT2D eigenvalue weighted by Gasteiger charge is -2.25. The van der Waals surface area contributed by atoms with E-state index in [0.29, 0.717) is 11.3 Å². The largest absolute Gasteiger partial charge is 0.467 e. The molecule has 0 aromatic heterocycles. The van der Waals surface area contributed by atoms with Crippen LogP contribution >= 0.6 is 0 Å². The SMILES string of the molecule is CCN(C)C=Nc1cc(C)c(C(=O)C(Oc2ccccc2)N(C)C)cc1C. The predicted molar refractivity (Wildman–Crippen MR) is 111 cm³/mol. The molecule has 0 heterocycles. The summed E-state index contributed by atoms with van der Waals surface area (Å²) in [7, 11) is 5.66. The standard InChI is InChI=1S/C22H29N3O2/c1-7-25(6)15-23-20-14-16(2)19(13-17(20)3)21(26)22(24(4)5)27-18-11-9-8-10-12-18/h8-15,22H,7H2,1-6H3. The first kappa shape index (κ1) is 20.6. The van der Waals surface area contributed by atoms with E-state index in [1.807, 2.05) is 88.7 Å². The summed E-state index contributed by atoms with van der Waals surface area (Å²) in [5, 5.41) is 0. The molecule has 0 aliphatic rings. The van der Waals surface area contributed by atoms with Gasteiger partial charge < -0.3 is 9.64 Å². The van der Waals surface area contributed by atoms with Crippen molar-refractivity contribution < 1.29 is 9.53 Å². The summed E-state index contributed by atoms with van der Waals surface area (Å²) in [4.78, 5) is 21.5. The van der Waals surface area contributed by atoms with Crippen LogP contribution in [0, 0.1) is 13.8 Å². The summed E-state index contributed by atoms with van der Waals surface area (Å²) in [6, 6.07) is 13.3. The van der Waals surface area contributed by atoms with E-state index in [0.717, 1.165) is 23.4 Å². The molecule has 0 amide bonds. The molecular weight excluding hydrogens is 338 g/mol. The molecule has 0 aliphatic carbocycles. The first-order chi connectivity index (χ1) is 12.8. The number of aryl methyl sites for hydroxylation is 2. The average molecular weight is 367 g/mol.